The van der Waals surface area contributed by atoms with Crippen molar-refractivity contribution in [3.05, 3.63) is 37.5 Å². The first-order chi connectivity index (χ1) is 10.5. The summed E-state index contributed by atoms with van der Waals surface area (Å²) in [6, 6.07) is 0. The van der Waals surface area contributed by atoms with E-state index < -0.39 is 0 Å². The molecule has 0 saturated carbocycles. The fourth-order valence-electron chi connectivity index (χ4n) is 1.80. The molecule has 0 bridgehead atoms. The fourth-order valence-corrected chi connectivity index (χ4v) is 2.81. The van der Waals surface area contributed by atoms with E-state index in [1.165, 1.54) is 16.0 Å². The van der Waals surface area contributed by atoms with Crippen LogP contribution < -0.4 is 10.4 Å². The monoisotopic (exact) mass is 420 g/mol. The lowest BCUT2D eigenvalue weighted by Gasteiger charge is -2.04. The number of hydrogen-bond acceptors (Lipinski definition) is 6. The molecule has 0 aliphatic rings. The average molecular weight is 420 g/mol. The van der Waals surface area contributed by atoms with Gasteiger partial charge in [-0.2, -0.15) is 9.36 Å². The Morgan fingerprint density at radius 2 is 2.29 bits per heavy atom. The van der Waals surface area contributed by atoms with Crippen LogP contribution in [0.4, 0.5) is 0 Å². The maximum Gasteiger partial charge on any atom is 0.368 e. The van der Waals surface area contributed by atoms with Gasteiger partial charge in [0.25, 0.3) is 5.19 Å². The van der Waals surface area contributed by atoms with E-state index in [-0.39, 0.29) is 18.5 Å². The molecule has 3 rings (SSSR count). The number of aryl methyl sites for hydroxylation is 2. The van der Waals surface area contributed by atoms with E-state index in [0.29, 0.717) is 10.9 Å². The van der Waals surface area contributed by atoms with Crippen molar-refractivity contribution in [2.24, 2.45) is 14.1 Å². The number of thiazole rings is 1. The summed E-state index contributed by atoms with van der Waals surface area (Å²) in [5.41, 5.74) is 1.10. The lowest BCUT2D eigenvalue weighted by Crippen LogP contribution is -2.22. The van der Waals surface area contributed by atoms with Gasteiger partial charge in [0.15, 0.2) is 0 Å². The molecule has 0 atom stereocenters. The summed E-state index contributed by atoms with van der Waals surface area (Å²) in [4.78, 5) is 16.0. The van der Waals surface area contributed by atoms with Crippen LogP contribution >= 0.6 is 33.9 Å². The molecule has 0 aromatic carbocycles. The van der Waals surface area contributed by atoms with E-state index in [4.69, 9.17) is 6.11 Å². The summed E-state index contributed by atoms with van der Waals surface area (Å²) in [6.07, 6.45) is 1.97. The molecule has 0 radical (unpaired) electrons. The zero-order chi connectivity index (χ0) is 15.9. The van der Waals surface area contributed by atoms with Crippen molar-refractivity contribution in [3.63, 3.8) is 0 Å². The molecule has 3 heterocycles. The Labute approximate surface area is 138 Å². The maximum absolute atomic E-state index is 12.0. The van der Waals surface area contributed by atoms with Crippen LogP contribution in [0.5, 0.6) is 5.19 Å². The lowest BCUT2D eigenvalue weighted by molar-refractivity contribution is 0.303. The van der Waals surface area contributed by atoms with Gasteiger partial charge in [0, 0.05) is 37.4 Å². The van der Waals surface area contributed by atoms with E-state index in [0.717, 1.165) is 13.9 Å². The summed E-state index contributed by atoms with van der Waals surface area (Å²) in [5, 5.41) is 9.60. The number of tetrazole rings is 1. The van der Waals surface area contributed by atoms with Gasteiger partial charge in [-0.25, -0.2) is 9.78 Å². The van der Waals surface area contributed by atoms with Gasteiger partial charge in [0.05, 0.1) is 10.8 Å². The minimum absolute atomic E-state index is 0.174. The highest BCUT2D eigenvalue weighted by molar-refractivity contribution is 14.1. The van der Waals surface area contributed by atoms with Crippen molar-refractivity contribution >= 4 is 33.9 Å². The quantitative estimate of drug-likeness (QED) is 0.588. The third-order valence-corrected chi connectivity index (χ3v) is 4.89. The van der Waals surface area contributed by atoms with Crippen molar-refractivity contribution in [3.8, 4) is 10.9 Å². The number of aromatic nitrogens is 6. The Morgan fingerprint density at radius 1 is 1.48 bits per heavy atom. The lowest BCUT2D eigenvalue weighted by atomic mass is 10.3. The minimum atomic E-state index is -0.328. The number of ether oxygens (including phenoxy) is 1. The molecule has 3 aromatic rings. The molecule has 0 saturated heterocycles. The summed E-state index contributed by atoms with van der Waals surface area (Å²) < 4.78 is 18.2. The molecule has 0 amide bonds. The summed E-state index contributed by atoms with van der Waals surface area (Å²) in [6.45, 7) is 0.227. The first-order valence-corrected chi connectivity index (χ1v) is 7.81. The smallest absolute Gasteiger partial charge is 0.368 e. The SMILES string of the molecule is [3H]c1csc(OCc2c(-n3nnn(C)c3=O)cn(C)c2I)n1. The Kier molecular flexibility index (Phi) is 3.47. The predicted molar refractivity (Wildman–Crippen MR) is 84.7 cm³/mol. The summed E-state index contributed by atoms with van der Waals surface area (Å²) >= 11 is 3.44. The molecule has 0 spiro atoms. The average Bonchev–Trinajstić information content (AvgIpc) is 3.11. The molecule has 0 aliphatic heterocycles. The molecule has 110 valence electrons. The van der Waals surface area contributed by atoms with Crippen LogP contribution in [0, 0.1) is 3.70 Å². The molecular formula is C11H11IN6O2S. The van der Waals surface area contributed by atoms with E-state index in [1.54, 1.807) is 18.6 Å². The fraction of sp³-hybridized carbons (Fsp3) is 0.273. The van der Waals surface area contributed by atoms with E-state index in [1.807, 2.05) is 11.6 Å². The van der Waals surface area contributed by atoms with Crippen LogP contribution in [0.2, 0.25) is 0 Å². The van der Waals surface area contributed by atoms with E-state index in [9.17, 15) is 4.79 Å². The molecule has 0 unspecified atom stereocenters. The summed E-state index contributed by atoms with van der Waals surface area (Å²) in [7, 11) is 3.42. The van der Waals surface area contributed by atoms with Gasteiger partial charge in [-0.15, -0.1) is 0 Å². The van der Waals surface area contributed by atoms with Crippen molar-refractivity contribution in [1.82, 2.24) is 29.3 Å². The van der Waals surface area contributed by atoms with Crippen LogP contribution in [0.25, 0.3) is 5.69 Å². The van der Waals surface area contributed by atoms with E-state index in [2.05, 4.69) is 38.0 Å². The Balaban J connectivity index is 1.96. The topological polar surface area (TPSA) is 79.8 Å². The van der Waals surface area contributed by atoms with Gasteiger partial charge < -0.3 is 9.30 Å². The van der Waals surface area contributed by atoms with Crippen molar-refractivity contribution in [2.75, 3.05) is 0 Å². The van der Waals surface area contributed by atoms with Crippen LogP contribution in [-0.4, -0.2) is 29.3 Å². The zero-order valence-electron chi connectivity index (χ0n) is 12.1. The van der Waals surface area contributed by atoms with Gasteiger partial charge in [0.1, 0.15) is 6.61 Å². The van der Waals surface area contributed by atoms with Gasteiger partial charge in [-0.3, -0.25) is 0 Å². The van der Waals surface area contributed by atoms with Crippen LogP contribution in [0.1, 0.15) is 6.93 Å². The number of nitrogens with zero attached hydrogens (tertiary/aromatic N) is 6. The molecule has 3 aromatic heterocycles. The van der Waals surface area contributed by atoms with Gasteiger partial charge >= 0.3 is 5.69 Å². The second kappa shape index (κ2) is 5.60. The minimum Gasteiger partial charge on any atom is -0.465 e. The first-order valence-electron chi connectivity index (χ1n) is 6.35. The van der Waals surface area contributed by atoms with Gasteiger partial charge in [-0.1, -0.05) is 11.3 Å². The number of halogens is 1. The van der Waals surface area contributed by atoms with Crippen LogP contribution in [0.3, 0.4) is 0 Å². The standard InChI is InChI=1S/C11H11IN6O2S/c1-16-5-8(18-11(19)17(2)14-15-18)7(9(16)12)6-20-10-13-3-4-21-10/h3-5H,6H2,1-2H3/i3T. The highest BCUT2D eigenvalue weighted by Crippen LogP contribution is 2.24. The van der Waals surface area contributed by atoms with Crippen LogP contribution in [0.15, 0.2) is 22.5 Å². The second-order valence-corrected chi connectivity index (χ2v) is 6.07. The summed E-state index contributed by atoms with van der Waals surface area (Å²) in [5.74, 6) is 0. The molecule has 0 N–H and O–H groups in total. The largest absolute Gasteiger partial charge is 0.465 e. The molecule has 0 aliphatic carbocycles. The van der Waals surface area contributed by atoms with Gasteiger partial charge in [0.2, 0.25) is 0 Å². The predicted octanol–water partition coefficient (Wildman–Crippen LogP) is 0.945. The van der Waals surface area contributed by atoms with Crippen LogP contribution in [-0.2, 0) is 20.7 Å². The highest BCUT2D eigenvalue weighted by atomic mass is 127. The third-order valence-electron chi connectivity index (χ3n) is 2.84. The number of rotatable bonds is 4. The highest BCUT2D eigenvalue weighted by Gasteiger charge is 2.18. The Bertz CT molecular complexity index is 882. The Morgan fingerprint density at radius 3 is 2.90 bits per heavy atom. The zero-order valence-corrected chi connectivity index (χ0v) is 14.1. The molecule has 21 heavy (non-hydrogen) atoms. The number of hydrogen-bond donors (Lipinski definition) is 0. The van der Waals surface area contributed by atoms with E-state index >= 15 is 0 Å². The van der Waals surface area contributed by atoms with Crippen molar-refractivity contribution in [2.45, 2.75) is 6.61 Å². The molecular weight excluding hydrogens is 407 g/mol. The first kappa shape index (κ1) is 13.0. The normalized spacial score (nSPS) is 11.7. The second-order valence-electron chi connectivity index (χ2n) is 4.22. The van der Waals surface area contributed by atoms with Crippen molar-refractivity contribution in [1.29, 1.82) is 0 Å². The maximum atomic E-state index is 12.0. The molecule has 8 nitrogen and oxygen atoms in total. The Hall–Kier alpha value is -1.69. The third kappa shape index (κ3) is 2.60. The molecule has 10 heteroatoms. The molecule has 0 fully saturated rings. The van der Waals surface area contributed by atoms with Crippen molar-refractivity contribution < 1.29 is 6.11 Å². The van der Waals surface area contributed by atoms with Gasteiger partial charge in [-0.05, 0) is 33.0 Å².